The van der Waals surface area contributed by atoms with Gasteiger partial charge in [-0.05, 0) is 23.8 Å². The molecule has 1 aliphatic rings. The number of carbonyl (C=O) groups excluding carboxylic acids is 2. The highest BCUT2D eigenvalue weighted by Crippen LogP contribution is 2.42. The van der Waals surface area contributed by atoms with Crippen LogP contribution in [0.4, 0.5) is 0 Å². The van der Waals surface area contributed by atoms with E-state index in [-0.39, 0.29) is 17.9 Å². The van der Waals surface area contributed by atoms with E-state index in [2.05, 4.69) is 0 Å². The van der Waals surface area contributed by atoms with Gasteiger partial charge in [0.1, 0.15) is 23.0 Å². The minimum absolute atomic E-state index is 0.00503. The van der Waals surface area contributed by atoms with Gasteiger partial charge in [0.25, 0.3) is 11.7 Å². The number of para-hydroxylation sites is 1. The molecule has 1 heterocycles. The maximum Gasteiger partial charge on any atom is 0.295 e. The summed E-state index contributed by atoms with van der Waals surface area (Å²) >= 11 is 0. The van der Waals surface area contributed by atoms with Gasteiger partial charge in [0.2, 0.25) is 0 Å². The van der Waals surface area contributed by atoms with Crippen molar-refractivity contribution in [1.82, 2.24) is 4.90 Å². The number of aliphatic hydroxyl groups excluding tert-OH is 1. The first-order valence-electron chi connectivity index (χ1n) is 10.7. The molecule has 0 saturated carbocycles. The Labute approximate surface area is 197 Å². The standard InChI is InChI=1S/C27H25NO6/c1-32-19-13-14-20(22(15-19)34-3)25(29)23-24(17-9-5-4-6-10-17)28(27(31)26(23)30)16-18-11-7-8-12-21(18)33-2/h4-15,24,29H,16H2,1-3H3/b25-23-. The number of rotatable bonds is 7. The van der Waals surface area contributed by atoms with Gasteiger partial charge in [-0.2, -0.15) is 0 Å². The zero-order valence-electron chi connectivity index (χ0n) is 19.1. The van der Waals surface area contributed by atoms with Crippen LogP contribution < -0.4 is 14.2 Å². The van der Waals surface area contributed by atoms with Crippen LogP contribution in [0.25, 0.3) is 5.76 Å². The maximum absolute atomic E-state index is 13.3. The van der Waals surface area contributed by atoms with Crippen molar-refractivity contribution in [2.75, 3.05) is 21.3 Å². The van der Waals surface area contributed by atoms with Gasteiger partial charge in [0.05, 0.1) is 45.1 Å². The van der Waals surface area contributed by atoms with Gasteiger partial charge in [0.15, 0.2) is 0 Å². The predicted molar refractivity (Wildman–Crippen MR) is 127 cm³/mol. The number of aliphatic hydroxyl groups is 1. The second-order valence-electron chi connectivity index (χ2n) is 7.72. The molecule has 1 atom stereocenters. The van der Waals surface area contributed by atoms with Crippen molar-refractivity contribution in [2.24, 2.45) is 0 Å². The highest BCUT2D eigenvalue weighted by molar-refractivity contribution is 6.46. The first-order valence-corrected chi connectivity index (χ1v) is 10.7. The Balaban J connectivity index is 1.88. The Bertz CT molecular complexity index is 1250. The van der Waals surface area contributed by atoms with E-state index in [1.807, 2.05) is 48.5 Å². The quantitative estimate of drug-likeness (QED) is 0.322. The number of likely N-dealkylation sites (tertiary alicyclic amines) is 1. The van der Waals surface area contributed by atoms with Gasteiger partial charge in [-0.1, -0.05) is 48.5 Å². The van der Waals surface area contributed by atoms with Gasteiger partial charge >= 0.3 is 0 Å². The maximum atomic E-state index is 13.3. The van der Waals surface area contributed by atoms with Crippen LogP contribution in [0.1, 0.15) is 22.7 Å². The number of methoxy groups -OCH3 is 3. The van der Waals surface area contributed by atoms with Crippen LogP contribution in [0.2, 0.25) is 0 Å². The lowest BCUT2D eigenvalue weighted by molar-refractivity contribution is -0.140. The Hall–Kier alpha value is -4.26. The first kappa shape index (κ1) is 22.9. The van der Waals surface area contributed by atoms with Crippen LogP contribution in [0.15, 0.2) is 78.4 Å². The normalized spacial score (nSPS) is 17.0. The summed E-state index contributed by atoms with van der Waals surface area (Å²) in [5.74, 6) is -0.320. The van der Waals surface area contributed by atoms with Crippen molar-refractivity contribution >= 4 is 17.4 Å². The number of carbonyl (C=O) groups is 2. The summed E-state index contributed by atoms with van der Waals surface area (Å²) in [5, 5.41) is 11.3. The molecule has 4 rings (SSSR count). The average molecular weight is 459 g/mol. The summed E-state index contributed by atoms with van der Waals surface area (Å²) in [5.41, 5.74) is 1.73. The molecule has 1 aliphatic heterocycles. The topological polar surface area (TPSA) is 85.3 Å². The summed E-state index contributed by atoms with van der Waals surface area (Å²) in [4.78, 5) is 28.0. The molecule has 1 amide bonds. The fourth-order valence-corrected chi connectivity index (χ4v) is 4.18. The van der Waals surface area contributed by atoms with Crippen molar-refractivity contribution < 1.29 is 28.9 Å². The third kappa shape index (κ3) is 4.08. The van der Waals surface area contributed by atoms with Crippen molar-refractivity contribution in [1.29, 1.82) is 0 Å². The Kier molecular flexibility index (Phi) is 6.54. The highest BCUT2D eigenvalue weighted by atomic mass is 16.5. The molecule has 0 aliphatic carbocycles. The van der Waals surface area contributed by atoms with Crippen LogP contribution in [0.5, 0.6) is 17.2 Å². The molecule has 1 saturated heterocycles. The van der Waals surface area contributed by atoms with Crippen LogP contribution in [0, 0.1) is 0 Å². The molecular formula is C27H25NO6. The SMILES string of the molecule is COc1ccc(/C(O)=C2/C(=O)C(=O)N(Cc3ccccc3OC)C2c2ccccc2)c(OC)c1. The van der Waals surface area contributed by atoms with Crippen LogP contribution >= 0.6 is 0 Å². The number of benzene rings is 3. The van der Waals surface area contributed by atoms with Gasteiger partial charge in [0, 0.05) is 11.6 Å². The number of hydrogen-bond acceptors (Lipinski definition) is 6. The fourth-order valence-electron chi connectivity index (χ4n) is 4.18. The molecule has 1 unspecified atom stereocenters. The van der Waals surface area contributed by atoms with Gasteiger partial charge < -0.3 is 24.2 Å². The molecule has 1 fully saturated rings. The van der Waals surface area contributed by atoms with E-state index >= 15 is 0 Å². The van der Waals surface area contributed by atoms with Crippen LogP contribution in [-0.2, 0) is 16.1 Å². The summed E-state index contributed by atoms with van der Waals surface area (Å²) in [6.45, 7) is 0.130. The molecule has 0 aromatic heterocycles. The fraction of sp³-hybridized carbons (Fsp3) is 0.185. The van der Waals surface area contributed by atoms with E-state index in [1.165, 1.54) is 19.1 Å². The van der Waals surface area contributed by atoms with Crippen molar-refractivity contribution in [3.63, 3.8) is 0 Å². The van der Waals surface area contributed by atoms with Crippen molar-refractivity contribution in [2.45, 2.75) is 12.6 Å². The molecule has 7 heteroatoms. The first-order chi connectivity index (χ1) is 16.5. The summed E-state index contributed by atoms with van der Waals surface area (Å²) in [6.07, 6.45) is 0. The second kappa shape index (κ2) is 9.70. The molecule has 3 aromatic carbocycles. The molecule has 0 radical (unpaired) electrons. The number of nitrogens with zero attached hydrogens (tertiary/aromatic N) is 1. The molecular weight excluding hydrogens is 434 g/mol. The highest BCUT2D eigenvalue weighted by Gasteiger charge is 2.46. The van der Waals surface area contributed by atoms with Gasteiger partial charge in [-0.25, -0.2) is 0 Å². The smallest absolute Gasteiger partial charge is 0.295 e. The zero-order chi connectivity index (χ0) is 24.2. The lowest BCUT2D eigenvalue weighted by atomic mass is 9.95. The number of ether oxygens (including phenoxy) is 3. The third-order valence-electron chi connectivity index (χ3n) is 5.85. The van der Waals surface area contributed by atoms with E-state index in [4.69, 9.17) is 14.2 Å². The monoisotopic (exact) mass is 459 g/mol. The minimum atomic E-state index is -0.794. The Morgan fingerprint density at radius 3 is 2.21 bits per heavy atom. The Morgan fingerprint density at radius 1 is 0.853 bits per heavy atom. The van der Waals surface area contributed by atoms with Crippen molar-refractivity contribution in [3.05, 3.63) is 95.1 Å². The summed E-state index contributed by atoms with van der Waals surface area (Å²) < 4.78 is 16.1. The third-order valence-corrected chi connectivity index (χ3v) is 5.85. The number of Topliss-reactive ketones (excluding diaryl/α,β-unsaturated/α-hetero) is 1. The van der Waals surface area contributed by atoms with E-state index in [0.717, 1.165) is 5.56 Å². The van der Waals surface area contributed by atoms with Crippen LogP contribution in [0.3, 0.4) is 0 Å². The van der Waals surface area contributed by atoms with E-state index in [1.54, 1.807) is 31.4 Å². The largest absolute Gasteiger partial charge is 0.507 e. The van der Waals surface area contributed by atoms with E-state index < -0.39 is 17.7 Å². The minimum Gasteiger partial charge on any atom is -0.507 e. The lowest BCUT2D eigenvalue weighted by Crippen LogP contribution is -2.29. The molecule has 1 N–H and O–H groups in total. The van der Waals surface area contributed by atoms with Crippen LogP contribution in [-0.4, -0.2) is 43.0 Å². The molecule has 7 nitrogen and oxygen atoms in total. The van der Waals surface area contributed by atoms with Gasteiger partial charge in [-0.3, -0.25) is 9.59 Å². The predicted octanol–water partition coefficient (Wildman–Crippen LogP) is 4.33. The van der Waals surface area contributed by atoms with Gasteiger partial charge in [-0.15, -0.1) is 0 Å². The molecule has 34 heavy (non-hydrogen) atoms. The Morgan fingerprint density at radius 2 is 1.53 bits per heavy atom. The molecule has 3 aromatic rings. The zero-order valence-corrected chi connectivity index (χ0v) is 19.1. The molecule has 174 valence electrons. The average Bonchev–Trinajstić information content (AvgIpc) is 3.13. The molecule has 0 bridgehead atoms. The number of amides is 1. The summed E-state index contributed by atoms with van der Waals surface area (Å²) in [7, 11) is 4.53. The molecule has 0 spiro atoms. The van der Waals surface area contributed by atoms with E-state index in [9.17, 15) is 14.7 Å². The second-order valence-corrected chi connectivity index (χ2v) is 7.72. The van der Waals surface area contributed by atoms with Crippen molar-refractivity contribution in [3.8, 4) is 17.2 Å². The summed E-state index contributed by atoms with van der Waals surface area (Å²) in [6, 6.07) is 20.5. The number of hydrogen-bond donors (Lipinski definition) is 1. The lowest BCUT2D eigenvalue weighted by Gasteiger charge is -2.26. The number of ketones is 1. The van der Waals surface area contributed by atoms with E-state index in [0.29, 0.717) is 28.4 Å².